The van der Waals surface area contributed by atoms with Crippen LogP contribution >= 0.6 is 0 Å². The van der Waals surface area contributed by atoms with Gasteiger partial charge in [0.15, 0.2) is 0 Å². The molecule has 1 fully saturated rings. The lowest BCUT2D eigenvalue weighted by Gasteiger charge is -2.25. The van der Waals surface area contributed by atoms with Crippen molar-refractivity contribution in [3.8, 4) is 0 Å². The first-order valence-corrected chi connectivity index (χ1v) is 8.06. The maximum absolute atomic E-state index is 11.7. The Hall–Kier alpha value is -1.21. The molecule has 106 valence electrons. The maximum Gasteiger partial charge on any atom is 0.213 e. The van der Waals surface area contributed by atoms with Crippen LogP contribution in [0.2, 0.25) is 0 Å². The lowest BCUT2D eigenvalue weighted by Crippen LogP contribution is -2.39. The summed E-state index contributed by atoms with van der Waals surface area (Å²) in [5.74, 6) is 1.67. The van der Waals surface area contributed by atoms with Gasteiger partial charge in [-0.25, -0.2) is 23.1 Å². The van der Waals surface area contributed by atoms with E-state index >= 15 is 0 Å². The van der Waals surface area contributed by atoms with Gasteiger partial charge >= 0.3 is 0 Å². The highest BCUT2D eigenvalue weighted by molar-refractivity contribution is 7.89. The Morgan fingerprint density at radius 1 is 1.42 bits per heavy atom. The van der Waals surface area contributed by atoms with Gasteiger partial charge in [-0.1, -0.05) is 0 Å². The van der Waals surface area contributed by atoms with Gasteiger partial charge in [-0.05, 0) is 33.7 Å². The molecule has 1 aliphatic heterocycles. The van der Waals surface area contributed by atoms with Gasteiger partial charge in [0.2, 0.25) is 10.0 Å². The van der Waals surface area contributed by atoms with Crippen LogP contribution in [0, 0.1) is 13.8 Å². The summed E-state index contributed by atoms with van der Waals surface area (Å²) < 4.78 is 25.8. The zero-order valence-electron chi connectivity index (χ0n) is 11.5. The second-order valence-electron chi connectivity index (χ2n) is 4.89. The molecule has 1 atom stereocenters. The molecule has 0 aromatic carbocycles. The summed E-state index contributed by atoms with van der Waals surface area (Å²) in [6, 6.07) is 1.91. The molecule has 1 N–H and O–H groups in total. The molecule has 6 nitrogen and oxygen atoms in total. The fourth-order valence-electron chi connectivity index (χ4n) is 2.49. The van der Waals surface area contributed by atoms with Crippen molar-refractivity contribution in [2.24, 2.45) is 0 Å². The lowest BCUT2D eigenvalue weighted by atomic mass is 10.2. The molecule has 0 saturated carbocycles. The van der Waals surface area contributed by atoms with Gasteiger partial charge in [-0.2, -0.15) is 0 Å². The van der Waals surface area contributed by atoms with Crippen molar-refractivity contribution >= 4 is 15.8 Å². The summed E-state index contributed by atoms with van der Waals surface area (Å²) in [7, 11) is -1.75. The average molecular weight is 284 g/mol. The van der Waals surface area contributed by atoms with Crippen LogP contribution in [0.4, 0.5) is 5.82 Å². The zero-order chi connectivity index (χ0) is 14.0. The Balaban J connectivity index is 2.23. The highest BCUT2D eigenvalue weighted by atomic mass is 32.2. The minimum Gasteiger partial charge on any atom is -0.352 e. The Bertz CT molecular complexity index is 539. The second kappa shape index (κ2) is 5.42. The second-order valence-corrected chi connectivity index (χ2v) is 6.86. The number of sulfonamides is 1. The highest BCUT2D eigenvalue weighted by Crippen LogP contribution is 2.25. The van der Waals surface area contributed by atoms with Crippen molar-refractivity contribution in [1.82, 2.24) is 14.7 Å². The van der Waals surface area contributed by atoms with Crippen molar-refractivity contribution in [2.45, 2.75) is 32.7 Å². The molecule has 0 radical (unpaired) electrons. The third-order valence-electron chi connectivity index (χ3n) is 3.35. The van der Waals surface area contributed by atoms with Crippen molar-refractivity contribution in [3.05, 3.63) is 17.6 Å². The van der Waals surface area contributed by atoms with Crippen LogP contribution < -0.4 is 9.62 Å². The lowest BCUT2D eigenvalue weighted by molar-refractivity contribution is 0.577. The number of rotatable bonds is 4. The van der Waals surface area contributed by atoms with Gasteiger partial charge in [-0.15, -0.1) is 0 Å². The molecule has 2 rings (SSSR count). The number of nitrogens with zero attached hydrogens (tertiary/aromatic N) is 3. The molecule has 1 saturated heterocycles. The van der Waals surface area contributed by atoms with E-state index in [0.717, 1.165) is 36.7 Å². The Morgan fingerprint density at radius 2 is 2.16 bits per heavy atom. The smallest absolute Gasteiger partial charge is 0.213 e. The van der Waals surface area contributed by atoms with Crippen LogP contribution in [0.3, 0.4) is 0 Å². The predicted octanol–water partition coefficient (Wildman–Crippen LogP) is 0.611. The van der Waals surface area contributed by atoms with E-state index < -0.39 is 10.0 Å². The van der Waals surface area contributed by atoms with E-state index in [1.54, 1.807) is 0 Å². The average Bonchev–Trinajstić information content (AvgIpc) is 2.75. The third kappa shape index (κ3) is 3.42. The zero-order valence-corrected chi connectivity index (χ0v) is 12.4. The van der Waals surface area contributed by atoms with E-state index in [1.807, 2.05) is 19.9 Å². The van der Waals surface area contributed by atoms with Crippen molar-refractivity contribution in [2.75, 3.05) is 24.2 Å². The fraction of sp³-hybridized carbons (Fsp3) is 0.667. The predicted molar refractivity (Wildman–Crippen MR) is 74.7 cm³/mol. The number of nitrogens with one attached hydrogen (secondary N) is 1. The van der Waals surface area contributed by atoms with Gasteiger partial charge < -0.3 is 4.90 Å². The van der Waals surface area contributed by atoms with Gasteiger partial charge in [0.1, 0.15) is 11.6 Å². The van der Waals surface area contributed by atoms with Gasteiger partial charge in [-0.3, -0.25) is 0 Å². The number of hydrogen-bond acceptors (Lipinski definition) is 5. The molecule has 19 heavy (non-hydrogen) atoms. The molecule has 0 aliphatic carbocycles. The molecule has 2 heterocycles. The monoisotopic (exact) mass is 284 g/mol. The van der Waals surface area contributed by atoms with E-state index in [1.165, 1.54) is 7.05 Å². The van der Waals surface area contributed by atoms with E-state index in [9.17, 15) is 8.42 Å². The van der Waals surface area contributed by atoms with Gasteiger partial charge in [0, 0.05) is 24.3 Å². The largest absolute Gasteiger partial charge is 0.352 e. The molecule has 0 unspecified atom stereocenters. The van der Waals surface area contributed by atoms with E-state index in [2.05, 4.69) is 19.6 Å². The summed E-state index contributed by atoms with van der Waals surface area (Å²) in [6.07, 6.45) is 1.87. The summed E-state index contributed by atoms with van der Waals surface area (Å²) in [6.45, 7) is 4.62. The van der Waals surface area contributed by atoms with E-state index in [-0.39, 0.29) is 11.8 Å². The van der Waals surface area contributed by atoms with Gasteiger partial charge in [0.25, 0.3) is 0 Å². The van der Waals surface area contributed by atoms with E-state index in [0.29, 0.717) is 0 Å². The van der Waals surface area contributed by atoms with Crippen molar-refractivity contribution in [1.29, 1.82) is 0 Å². The normalized spacial score (nSPS) is 19.9. The molecule has 1 aromatic heterocycles. The molecule has 1 aromatic rings. The van der Waals surface area contributed by atoms with Crippen LogP contribution in [-0.4, -0.2) is 43.8 Å². The van der Waals surface area contributed by atoms with E-state index in [4.69, 9.17) is 0 Å². The maximum atomic E-state index is 11.7. The highest BCUT2D eigenvalue weighted by Gasteiger charge is 2.29. The molecule has 0 amide bonds. The summed E-state index contributed by atoms with van der Waals surface area (Å²) in [4.78, 5) is 10.8. The molecular formula is C12H20N4O2S. The third-order valence-corrected chi connectivity index (χ3v) is 4.79. The molecular weight excluding hydrogens is 264 g/mol. The Kier molecular flexibility index (Phi) is 4.05. The topological polar surface area (TPSA) is 75.2 Å². The first-order valence-electron chi connectivity index (χ1n) is 6.41. The molecule has 1 aliphatic rings. The summed E-state index contributed by atoms with van der Waals surface area (Å²) in [5.41, 5.74) is 0.907. The summed E-state index contributed by atoms with van der Waals surface area (Å²) in [5, 5.41) is 0. The van der Waals surface area contributed by atoms with Crippen LogP contribution in [0.25, 0.3) is 0 Å². The summed E-state index contributed by atoms with van der Waals surface area (Å²) >= 11 is 0. The SMILES string of the molecule is CNS(=O)(=O)C[C@H]1CCCN1c1cc(C)nc(C)n1. The molecule has 0 spiro atoms. The number of aromatic nitrogens is 2. The Morgan fingerprint density at radius 3 is 2.79 bits per heavy atom. The number of anilines is 1. The Labute approximate surface area is 114 Å². The van der Waals surface area contributed by atoms with Crippen LogP contribution in [-0.2, 0) is 10.0 Å². The quantitative estimate of drug-likeness (QED) is 0.877. The fourth-order valence-corrected chi connectivity index (χ4v) is 3.51. The number of hydrogen-bond donors (Lipinski definition) is 1. The molecule has 7 heteroatoms. The standard InChI is InChI=1S/C12H20N4O2S/c1-9-7-12(15-10(2)14-9)16-6-4-5-11(16)8-19(17,18)13-3/h7,11,13H,4-6,8H2,1-3H3/t11-/m1/s1. The van der Waals surface area contributed by atoms with Crippen LogP contribution in [0.15, 0.2) is 6.07 Å². The minimum atomic E-state index is -3.20. The molecule has 0 bridgehead atoms. The number of aryl methyl sites for hydroxylation is 2. The first kappa shape index (κ1) is 14.2. The first-order chi connectivity index (χ1) is 8.91. The van der Waals surface area contributed by atoms with Crippen LogP contribution in [0.1, 0.15) is 24.4 Å². The van der Waals surface area contributed by atoms with Crippen molar-refractivity contribution < 1.29 is 8.42 Å². The minimum absolute atomic E-state index is 0.00819. The van der Waals surface area contributed by atoms with Crippen LogP contribution in [0.5, 0.6) is 0 Å². The van der Waals surface area contributed by atoms with Gasteiger partial charge in [0.05, 0.1) is 5.75 Å². The van der Waals surface area contributed by atoms with Crippen molar-refractivity contribution in [3.63, 3.8) is 0 Å².